The van der Waals surface area contributed by atoms with Crippen LogP contribution < -0.4 is 5.73 Å². The maximum Gasteiger partial charge on any atom is 0.293 e. The van der Waals surface area contributed by atoms with E-state index in [1.807, 2.05) is 11.8 Å². The highest BCUT2D eigenvalue weighted by molar-refractivity contribution is 5.90. The van der Waals surface area contributed by atoms with Crippen LogP contribution in [0.15, 0.2) is 0 Å². The minimum Gasteiger partial charge on any atom is -0.336 e. The molecule has 0 aromatic carbocycles. The summed E-state index contributed by atoms with van der Waals surface area (Å²) in [5.74, 6) is 2.00. The molecule has 1 aliphatic carbocycles. The SMILES string of the molecule is CC(N)C1CCN(C(=O)c2n[nH]c(C3CC3)n2)C1. The van der Waals surface area contributed by atoms with Crippen LogP contribution in [0.5, 0.6) is 0 Å². The van der Waals surface area contributed by atoms with Gasteiger partial charge >= 0.3 is 0 Å². The molecule has 1 saturated heterocycles. The minimum absolute atomic E-state index is 0.0682. The van der Waals surface area contributed by atoms with E-state index in [4.69, 9.17) is 5.73 Å². The van der Waals surface area contributed by atoms with Gasteiger partial charge in [0.2, 0.25) is 5.82 Å². The van der Waals surface area contributed by atoms with Gasteiger partial charge in [0.1, 0.15) is 5.82 Å². The summed E-state index contributed by atoms with van der Waals surface area (Å²) in [7, 11) is 0. The van der Waals surface area contributed by atoms with Crippen molar-refractivity contribution in [2.24, 2.45) is 11.7 Å². The largest absolute Gasteiger partial charge is 0.336 e. The van der Waals surface area contributed by atoms with Gasteiger partial charge in [0.05, 0.1) is 0 Å². The van der Waals surface area contributed by atoms with E-state index in [1.54, 1.807) is 0 Å². The molecule has 2 aliphatic rings. The second-order valence-electron chi connectivity index (χ2n) is 5.48. The quantitative estimate of drug-likeness (QED) is 0.816. The number of likely N-dealkylation sites (tertiary alicyclic amines) is 1. The molecular formula is C12H19N5O. The number of hydrogen-bond donors (Lipinski definition) is 2. The first-order chi connectivity index (χ1) is 8.65. The highest BCUT2D eigenvalue weighted by Crippen LogP contribution is 2.37. The van der Waals surface area contributed by atoms with E-state index in [0.29, 0.717) is 17.7 Å². The predicted molar refractivity (Wildman–Crippen MR) is 66.0 cm³/mol. The van der Waals surface area contributed by atoms with Gasteiger partial charge in [-0.1, -0.05) is 0 Å². The summed E-state index contributed by atoms with van der Waals surface area (Å²) in [6, 6.07) is 0.136. The average molecular weight is 249 g/mol. The lowest BCUT2D eigenvalue weighted by atomic mass is 10.0. The molecule has 2 heterocycles. The summed E-state index contributed by atoms with van der Waals surface area (Å²) >= 11 is 0. The number of nitrogens with two attached hydrogens (primary N) is 1. The third-order valence-corrected chi connectivity index (χ3v) is 3.91. The van der Waals surface area contributed by atoms with E-state index < -0.39 is 0 Å². The first-order valence-electron chi connectivity index (χ1n) is 6.62. The average Bonchev–Trinajstić information content (AvgIpc) is 2.92. The molecule has 6 nitrogen and oxygen atoms in total. The third-order valence-electron chi connectivity index (χ3n) is 3.91. The van der Waals surface area contributed by atoms with Crippen LogP contribution in [0.2, 0.25) is 0 Å². The van der Waals surface area contributed by atoms with Crippen LogP contribution in [0.4, 0.5) is 0 Å². The van der Waals surface area contributed by atoms with Crippen LogP contribution in [0.1, 0.15) is 48.5 Å². The highest BCUT2D eigenvalue weighted by atomic mass is 16.2. The van der Waals surface area contributed by atoms with E-state index in [9.17, 15) is 4.79 Å². The fourth-order valence-corrected chi connectivity index (χ4v) is 2.45. The molecule has 1 aromatic heterocycles. The highest BCUT2D eigenvalue weighted by Gasteiger charge is 2.32. The van der Waals surface area contributed by atoms with Gasteiger partial charge in [-0.2, -0.15) is 0 Å². The van der Waals surface area contributed by atoms with Gasteiger partial charge in [-0.3, -0.25) is 9.89 Å². The maximum atomic E-state index is 12.2. The summed E-state index contributed by atoms with van der Waals surface area (Å²) in [5.41, 5.74) is 5.88. The summed E-state index contributed by atoms with van der Waals surface area (Å²) in [6.45, 7) is 3.48. The Hall–Kier alpha value is -1.43. The van der Waals surface area contributed by atoms with Crippen LogP contribution >= 0.6 is 0 Å². The van der Waals surface area contributed by atoms with Crippen molar-refractivity contribution in [3.8, 4) is 0 Å². The zero-order valence-corrected chi connectivity index (χ0v) is 10.6. The number of aromatic nitrogens is 3. The van der Waals surface area contributed by atoms with Crippen LogP contribution in [0, 0.1) is 5.92 Å². The van der Waals surface area contributed by atoms with Crippen LogP contribution in [0.25, 0.3) is 0 Å². The fraction of sp³-hybridized carbons (Fsp3) is 0.750. The standard InChI is InChI=1S/C12H19N5O/c1-7(13)9-4-5-17(6-9)12(18)11-14-10(15-16-11)8-2-3-8/h7-9H,2-6,13H2,1H3,(H,14,15,16). The van der Waals surface area contributed by atoms with Gasteiger partial charge in [0.15, 0.2) is 0 Å². The second kappa shape index (κ2) is 4.35. The molecule has 1 amide bonds. The third kappa shape index (κ3) is 2.12. The molecule has 0 spiro atoms. The Labute approximate surface area is 106 Å². The van der Waals surface area contributed by atoms with Crippen molar-refractivity contribution < 1.29 is 4.79 Å². The normalized spacial score (nSPS) is 25.4. The number of rotatable bonds is 3. The lowest BCUT2D eigenvalue weighted by Gasteiger charge is -2.16. The number of amides is 1. The Balaban J connectivity index is 1.66. The Morgan fingerprint density at radius 1 is 1.50 bits per heavy atom. The fourth-order valence-electron chi connectivity index (χ4n) is 2.45. The lowest BCUT2D eigenvalue weighted by molar-refractivity contribution is 0.0774. The Bertz CT molecular complexity index is 451. The summed E-state index contributed by atoms with van der Waals surface area (Å²) in [6.07, 6.45) is 3.28. The smallest absolute Gasteiger partial charge is 0.293 e. The van der Waals surface area contributed by atoms with Crippen molar-refractivity contribution in [3.63, 3.8) is 0 Å². The van der Waals surface area contributed by atoms with Gasteiger partial charge in [-0.05, 0) is 32.1 Å². The second-order valence-corrected chi connectivity index (χ2v) is 5.48. The molecule has 18 heavy (non-hydrogen) atoms. The van der Waals surface area contributed by atoms with Crippen LogP contribution in [0.3, 0.4) is 0 Å². The molecule has 0 bridgehead atoms. The number of H-pyrrole nitrogens is 1. The number of nitrogens with zero attached hydrogens (tertiary/aromatic N) is 3. The van der Waals surface area contributed by atoms with Gasteiger partial charge in [-0.25, -0.2) is 4.98 Å². The van der Waals surface area contributed by atoms with E-state index >= 15 is 0 Å². The zero-order chi connectivity index (χ0) is 12.7. The van der Waals surface area contributed by atoms with E-state index in [2.05, 4.69) is 15.2 Å². The minimum atomic E-state index is -0.0682. The molecule has 1 aliphatic heterocycles. The maximum absolute atomic E-state index is 12.2. The molecule has 3 N–H and O–H groups in total. The molecule has 1 aromatic rings. The van der Waals surface area contributed by atoms with Crippen LogP contribution in [-0.4, -0.2) is 45.1 Å². The summed E-state index contributed by atoms with van der Waals surface area (Å²) < 4.78 is 0. The van der Waals surface area contributed by atoms with Gasteiger partial charge < -0.3 is 10.6 Å². The Morgan fingerprint density at radius 2 is 2.28 bits per heavy atom. The first kappa shape index (κ1) is 11.6. The van der Waals surface area contributed by atoms with Gasteiger partial charge in [0, 0.05) is 25.0 Å². The van der Waals surface area contributed by atoms with Crippen LogP contribution in [-0.2, 0) is 0 Å². The molecule has 98 valence electrons. The first-order valence-corrected chi connectivity index (χ1v) is 6.62. The lowest BCUT2D eigenvalue weighted by Crippen LogP contribution is -2.33. The van der Waals surface area contributed by atoms with E-state index in [0.717, 1.165) is 38.2 Å². The summed E-state index contributed by atoms with van der Waals surface area (Å²) in [4.78, 5) is 18.3. The molecule has 3 rings (SSSR count). The van der Waals surface area contributed by atoms with Crippen molar-refractivity contribution in [1.29, 1.82) is 0 Å². The number of carbonyl (C=O) groups excluding carboxylic acids is 1. The molecule has 2 unspecified atom stereocenters. The van der Waals surface area contributed by atoms with Crippen molar-refractivity contribution >= 4 is 5.91 Å². The summed E-state index contributed by atoms with van der Waals surface area (Å²) in [5, 5.41) is 6.91. The van der Waals surface area contributed by atoms with Crippen molar-refractivity contribution in [3.05, 3.63) is 11.6 Å². The predicted octanol–water partition coefficient (Wildman–Crippen LogP) is 0.491. The number of carbonyl (C=O) groups is 1. The molecule has 0 radical (unpaired) electrons. The number of nitrogens with one attached hydrogen (secondary N) is 1. The zero-order valence-electron chi connectivity index (χ0n) is 10.6. The molecular weight excluding hydrogens is 230 g/mol. The topological polar surface area (TPSA) is 87.9 Å². The van der Waals surface area contributed by atoms with E-state index in [1.165, 1.54) is 0 Å². The van der Waals surface area contributed by atoms with Crippen molar-refractivity contribution in [2.45, 2.75) is 38.1 Å². The van der Waals surface area contributed by atoms with Crippen molar-refractivity contribution in [1.82, 2.24) is 20.1 Å². The Morgan fingerprint density at radius 3 is 2.89 bits per heavy atom. The van der Waals surface area contributed by atoms with E-state index in [-0.39, 0.29) is 11.9 Å². The number of aromatic amines is 1. The Kier molecular flexibility index (Phi) is 2.81. The van der Waals surface area contributed by atoms with Crippen molar-refractivity contribution in [2.75, 3.05) is 13.1 Å². The van der Waals surface area contributed by atoms with Gasteiger partial charge in [0.25, 0.3) is 5.91 Å². The van der Waals surface area contributed by atoms with Gasteiger partial charge in [-0.15, -0.1) is 5.10 Å². The molecule has 6 heteroatoms. The molecule has 1 saturated carbocycles. The number of hydrogen-bond acceptors (Lipinski definition) is 4. The molecule has 2 fully saturated rings. The molecule has 2 atom stereocenters. The monoisotopic (exact) mass is 249 g/mol.